The van der Waals surface area contributed by atoms with Crippen molar-refractivity contribution in [1.82, 2.24) is 0 Å². The van der Waals surface area contributed by atoms with E-state index in [1.165, 1.54) is 5.57 Å². The van der Waals surface area contributed by atoms with Crippen LogP contribution < -0.4 is 0 Å². The molecule has 5 aliphatic carbocycles. The van der Waals surface area contributed by atoms with Gasteiger partial charge in [0.2, 0.25) is 0 Å². The lowest BCUT2D eigenvalue weighted by Crippen LogP contribution is -2.72. The molecule has 0 aromatic carbocycles. The fraction of sp³-hybridized carbons (Fsp3) is 0.758. The first-order valence-corrected chi connectivity index (χ1v) is 18.2. The van der Waals surface area contributed by atoms with Crippen LogP contribution in [-0.2, 0) is 19.1 Å². The van der Waals surface area contributed by atoms with Crippen LogP contribution in [0.15, 0.2) is 34.9 Å². The normalized spacial score (nSPS) is 47.7. The van der Waals surface area contributed by atoms with E-state index >= 15 is 0 Å². The number of thiol groups is 1. The number of rotatable bonds is 5. The van der Waals surface area contributed by atoms with E-state index in [2.05, 4.69) is 45.3 Å². The number of allylic oxidation sites excluding steroid dienone is 4. The molecule has 14 heteroatoms. The van der Waals surface area contributed by atoms with Gasteiger partial charge >= 0.3 is 11.9 Å². The molecular formula is C33H54B6O7S. The van der Waals surface area contributed by atoms with Crippen LogP contribution in [0.4, 0.5) is 0 Å². The topological polar surface area (TPSA) is 113 Å². The van der Waals surface area contributed by atoms with E-state index in [9.17, 15) is 24.9 Å². The Bertz CT molecular complexity index is 1400. The number of carbonyl (C=O) groups is 2. The summed E-state index contributed by atoms with van der Waals surface area (Å²) >= 11 is 5.15. The van der Waals surface area contributed by atoms with E-state index in [4.69, 9.17) is 22.1 Å². The monoisotopic (exact) mass is 660 g/mol. The molecule has 0 saturated heterocycles. The molecule has 0 aliphatic heterocycles. The largest absolute Gasteiger partial charge is 0.454 e. The van der Waals surface area contributed by atoms with Crippen LogP contribution in [0.25, 0.3) is 0 Å². The summed E-state index contributed by atoms with van der Waals surface area (Å²) in [5, 5.41) is 34.4. The van der Waals surface area contributed by atoms with E-state index in [0.29, 0.717) is 35.8 Å². The lowest BCUT2D eigenvalue weighted by Gasteiger charge is -2.73. The Balaban J connectivity index is 1.65. The minimum Gasteiger partial charge on any atom is -0.454 e. The Morgan fingerprint density at radius 2 is 1.47 bits per heavy atom. The molecule has 3 unspecified atom stereocenters. The second kappa shape index (κ2) is 12.2. The highest BCUT2D eigenvalue weighted by molar-refractivity contribution is 7.83. The van der Waals surface area contributed by atoms with Crippen molar-refractivity contribution < 1.29 is 34.4 Å². The van der Waals surface area contributed by atoms with Gasteiger partial charge in [0.15, 0.2) is 6.10 Å². The highest BCUT2D eigenvalue weighted by Gasteiger charge is 2.73. The Labute approximate surface area is 292 Å². The molecule has 252 valence electrons. The van der Waals surface area contributed by atoms with E-state index in [1.54, 1.807) is 39.8 Å². The molecule has 5 rings (SSSR count). The van der Waals surface area contributed by atoms with Crippen molar-refractivity contribution in [3.63, 3.8) is 0 Å². The van der Waals surface area contributed by atoms with Crippen molar-refractivity contribution >= 4 is 71.6 Å². The Morgan fingerprint density at radius 3 is 2.02 bits per heavy atom. The molecule has 0 heterocycles. The first-order valence-electron chi connectivity index (χ1n) is 17.8. The number of fused-ring (bicyclic) bond motifs is 7. The van der Waals surface area contributed by atoms with Crippen LogP contribution in [0.1, 0.15) is 72.6 Å². The van der Waals surface area contributed by atoms with E-state index in [0.717, 1.165) is 32.1 Å². The van der Waals surface area contributed by atoms with Crippen molar-refractivity contribution in [3.05, 3.63) is 34.9 Å². The van der Waals surface area contributed by atoms with Crippen molar-refractivity contribution in [3.8, 4) is 0 Å². The second-order valence-electron chi connectivity index (χ2n) is 17.4. The SMILES string of the molecule is BC1(B)C2CC[C@]3(B)C(CC=C4C5C[C@@](B)(S)[C@@H](OC(=O)/C(C)=C\C)[C@H](OC(=O)/C(C)=C\C)[C@]5(CO)[C@H](O)C[C@]43B)[C@@]2(B)CC[C@@H]1O. The molecule has 0 amide bonds. The summed E-state index contributed by atoms with van der Waals surface area (Å²) in [6, 6.07) is 0. The van der Waals surface area contributed by atoms with Crippen LogP contribution in [0.3, 0.4) is 0 Å². The molecule has 7 nitrogen and oxygen atoms in total. The van der Waals surface area contributed by atoms with Crippen LogP contribution in [0, 0.1) is 23.2 Å². The van der Waals surface area contributed by atoms with Gasteiger partial charge in [0.05, 0.1) is 18.1 Å². The lowest BCUT2D eigenvalue weighted by atomic mass is 9.20. The van der Waals surface area contributed by atoms with Crippen LogP contribution in [0.5, 0.6) is 0 Å². The zero-order chi connectivity index (χ0) is 35.1. The van der Waals surface area contributed by atoms with Gasteiger partial charge in [-0.2, -0.15) is 12.6 Å². The highest BCUT2D eigenvalue weighted by Crippen LogP contribution is 2.81. The van der Waals surface area contributed by atoms with Gasteiger partial charge in [-0.1, -0.05) is 58.9 Å². The van der Waals surface area contributed by atoms with Gasteiger partial charge in [-0.05, 0) is 76.4 Å². The van der Waals surface area contributed by atoms with E-state index in [-0.39, 0.29) is 27.9 Å². The summed E-state index contributed by atoms with van der Waals surface area (Å²) in [6.07, 6.45) is 7.69. The summed E-state index contributed by atoms with van der Waals surface area (Å²) in [6.45, 7) is 6.41. The standard InChI is InChI=1S/C33H54B6O7S/c1-5-16(3)26(43)45-24-25(46-27(44)17(4)6-2)32(37,47)13-19-18-7-8-20-29(34)11-10-22(41)33(38,39)21(29)9-12-30(20,35)31(18,36)14-23(42)28(19,24)15-40/h5-7,19-25,40-42,47H,8-15,34-39H2,1-4H3/b16-5-,17-6-/t19?,20?,21?,22-,23+,24-,25-,28-,29-,30-,31-,32+/m0/s1. The first kappa shape index (κ1) is 37.0. The van der Waals surface area contributed by atoms with Crippen LogP contribution >= 0.6 is 12.6 Å². The van der Waals surface area contributed by atoms with E-state index in [1.807, 2.05) is 7.85 Å². The molecule has 0 bridgehead atoms. The minimum absolute atomic E-state index is 0.0356. The molecule has 3 N–H and O–H groups in total. The summed E-state index contributed by atoms with van der Waals surface area (Å²) in [5.74, 6) is -0.722. The molecule has 47 heavy (non-hydrogen) atoms. The Morgan fingerprint density at radius 1 is 0.894 bits per heavy atom. The number of ether oxygens (including phenoxy) is 2. The van der Waals surface area contributed by atoms with Gasteiger partial charge in [0, 0.05) is 21.9 Å². The molecule has 0 spiro atoms. The molecule has 5 aliphatic rings. The fourth-order valence-corrected chi connectivity index (χ4v) is 12.0. The molecule has 4 fully saturated rings. The Hall–Kier alpha value is -1.22. The quantitative estimate of drug-likeness (QED) is 0.0989. The average molecular weight is 660 g/mol. The van der Waals surface area contributed by atoms with Gasteiger partial charge in [-0.15, -0.1) is 0 Å². The molecule has 0 radical (unpaired) electrons. The lowest BCUT2D eigenvalue weighted by molar-refractivity contribution is -0.225. The highest BCUT2D eigenvalue weighted by atomic mass is 32.1. The zero-order valence-electron chi connectivity index (χ0n) is 30.4. The van der Waals surface area contributed by atoms with Gasteiger partial charge < -0.3 is 24.8 Å². The third kappa shape index (κ3) is 5.18. The van der Waals surface area contributed by atoms with Crippen molar-refractivity contribution in [2.45, 2.75) is 123 Å². The fourth-order valence-electron chi connectivity index (χ4n) is 11.7. The predicted octanol–water partition coefficient (Wildman–Crippen LogP) is -0.966. The summed E-state index contributed by atoms with van der Waals surface area (Å²) in [7, 11) is 13.6. The third-order valence-electron chi connectivity index (χ3n) is 15.0. The number of hydrogen-bond donors (Lipinski definition) is 4. The smallest absolute Gasteiger partial charge is 0.333 e. The van der Waals surface area contributed by atoms with E-state index < -0.39 is 52.2 Å². The number of hydrogen-bond acceptors (Lipinski definition) is 8. The Kier molecular flexibility index (Phi) is 9.64. The van der Waals surface area contributed by atoms with Gasteiger partial charge in [0.1, 0.15) is 53.2 Å². The van der Waals surface area contributed by atoms with Gasteiger partial charge in [0.25, 0.3) is 0 Å². The number of aliphatic hydroxyl groups excluding tert-OH is 3. The third-order valence-corrected chi connectivity index (χ3v) is 15.5. The maximum absolute atomic E-state index is 13.5. The second-order valence-corrected chi connectivity index (χ2v) is 18.4. The summed E-state index contributed by atoms with van der Waals surface area (Å²) < 4.78 is 11.5. The number of esters is 2. The molecule has 12 atom stereocenters. The number of carbonyl (C=O) groups excluding carboxylic acids is 2. The minimum atomic E-state index is -1.30. The van der Waals surface area contributed by atoms with Crippen molar-refractivity contribution in [2.75, 3.05) is 6.61 Å². The summed E-state index contributed by atoms with van der Waals surface area (Å²) in [4.78, 5) is 26.7. The maximum Gasteiger partial charge on any atom is 0.333 e. The summed E-state index contributed by atoms with van der Waals surface area (Å²) in [5.41, 5.74) is 0.708. The molecule has 0 aromatic rings. The maximum atomic E-state index is 13.5. The van der Waals surface area contributed by atoms with Crippen molar-refractivity contribution in [2.24, 2.45) is 23.2 Å². The van der Waals surface area contributed by atoms with Crippen LogP contribution in [-0.4, -0.2) is 110 Å². The van der Waals surface area contributed by atoms with Gasteiger partial charge in [-0.25, -0.2) is 9.59 Å². The molecule has 0 aromatic heterocycles. The average Bonchev–Trinajstić information content (AvgIpc) is 3.00. The number of aliphatic hydroxyl groups is 3. The first-order chi connectivity index (χ1) is 21.7. The van der Waals surface area contributed by atoms with Crippen LogP contribution in [0.2, 0.25) is 21.2 Å². The molecular weight excluding hydrogens is 605 g/mol. The zero-order valence-corrected chi connectivity index (χ0v) is 31.2. The van der Waals surface area contributed by atoms with Gasteiger partial charge in [-0.3, -0.25) is 0 Å². The predicted molar refractivity (Wildman–Crippen MR) is 205 cm³/mol. The molecule has 4 saturated carbocycles. The van der Waals surface area contributed by atoms with Crippen molar-refractivity contribution in [1.29, 1.82) is 0 Å².